The zero-order valence-electron chi connectivity index (χ0n) is 19.1. The van der Waals surface area contributed by atoms with Crippen molar-refractivity contribution in [3.8, 4) is 0 Å². The van der Waals surface area contributed by atoms with Gasteiger partial charge in [-0.25, -0.2) is 8.42 Å². The molecule has 9 nitrogen and oxygen atoms in total. The van der Waals surface area contributed by atoms with Gasteiger partial charge in [0, 0.05) is 30.0 Å². The summed E-state index contributed by atoms with van der Waals surface area (Å²) < 4.78 is 32.3. The van der Waals surface area contributed by atoms with E-state index >= 15 is 0 Å². The van der Waals surface area contributed by atoms with Gasteiger partial charge in [0.05, 0.1) is 30.2 Å². The standard InChI is InChI=1S/C23H30N4O5S/c1-23(2,3)26-22(29)19-9-4-5-10-20(19)24-16-21(28)25-17-7-6-8-18(15-17)33(30,31)27-11-13-32-14-12-27/h4-10,15,24H,11-14,16H2,1-3H3,(H,25,28)(H,26,29). The smallest absolute Gasteiger partial charge is 0.253 e. The molecule has 0 bridgehead atoms. The summed E-state index contributed by atoms with van der Waals surface area (Å²) in [4.78, 5) is 25.2. The molecule has 0 unspecified atom stereocenters. The van der Waals surface area contributed by atoms with Crippen LogP contribution in [0.15, 0.2) is 53.4 Å². The molecule has 0 aromatic heterocycles. The van der Waals surface area contributed by atoms with Crippen molar-refractivity contribution in [1.82, 2.24) is 9.62 Å². The van der Waals surface area contributed by atoms with Crippen LogP contribution >= 0.6 is 0 Å². The Hall–Kier alpha value is -2.95. The molecule has 2 amide bonds. The molecule has 3 rings (SSSR count). The third-order valence-electron chi connectivity index (χ3n) is 4.83. The molecule has 1 aliphatic rings. The molecule has 0 saturated carbocycles. The lowest BCUT2D eigenvalue weighted by Crippen LogP contribution is -2.40. The summed E-state index contributed by atoms with van der Waals surface area (Å²) in [5, 5.41) is 8.59. The first-order valence-electron chi connectivity index (χ1n) is 10.7. The van der Waals surface area contributed by atoms with E-state index in [1.54, 1.807) is 36.4 Å². The van der Waals surface area contributed by atoms with E-state index in [9.17, 15) is 18.0 Å². The molecule has 1 fully saturated rings. The highest BCUT2D eigenvalue weighted by Gasteiger charge is 2.26. The molecular formula is C23H30N4O5S. The van der Waals surface area contributed by atoms with Crippen molar-refractivity contribution >= 4 is 33.2 Å². The van der Waals surface area contributed by atoms with Gasteiger partial charge in [-0.05, 0) is 51.1 Å². The first-order valence-corrected chi connectivity index (χ1v) is 12.1. The highest BCUT2D eigenvalue weighted by Crippen LogP contribution is 2.21. The number of carbonyl (C=O) groups excluding carboxylic acids is 2. The fraction of sp³-hybridized carbons (Fsp3) is 0.391. The largest absolute Gasteiger partial charge is 0.379 e. The molecule has 0 radical (unpaired) electrons. The van der Waals surface area contributed by atoms with Crippen molar-refractivity contribution in [2.24, 2.45) is 0 Å². The average Bonchev–Trinajstić information content (AvgIpc) is 2.77. The van der Waals surface area contributed by atoms with Crippen molar-refractivity contribution in [3.63, 3.8) is 0 Å². The zero-order valence-corrected chi connectivity index (χ0v) is 19.9. The predicted octanol–water partition coefficient (Wildman–Crippen LogP) is 2.29. The third kappa shape index (κ3) is 6.77. The van der Waals surface area contributed by atoms with Gasteiger partial charge in [0.2, 0.25) is 15.9 Å². The molecule has 0 spiro atoms. The summed E-state index contributed by atoms with van der Waals surface area (Å²) in [5.74, 6) is -0.617. The maximum absolute atomic E-state index is 12.8. The summed E-state index contributed by atoms with van der Waals surface area (Å²) in [6, 6.07) is 13.1. The number of carbonyl (C=O) groups is 2. The number of hydrogen-bond acceptors (Lipinski definition) is 6. The van der Waals surface area contributed by atoms with E-state index in [2.05, 4.69) is 16.0 Å². The van der Waals surface area contributed by atoms with Crippen LogP contribution in [0.1, 0.15) is 31.1 Å². The lowest BCUT2D eigenvalue weighted by atomic mass is 10.1. The minimum absolute atomic E-state index is 0.0970. The normalized spacial score (nSPS) is 15.0. The topological polar surface area (TPSA) is 117 Å². The lowest BCUT2D eigenvalue weighted by Gasteiger charge is -2.26. The van der Waals surface area contributed by atoms with E-state index in [4.69, 9.17) is 4.74 Å². The molecule has 2 aromatic carbocycles. The van der Waals surface area contributed by atoms with Gasteiger partial charge >= 0.3 is 0 Å². The molecule has 2 aromatic rings. The molecule has 10 heteroatoms. The van der Waals surface area contributed by atoms with Gasteiger partial charge in [0.25, 0.3) is 5.91 Å². The number of rotatable bonds is 7. The summed E-state index contributed by atoms with van der Waals surface area (Å²) in [6.45, 7) is 6.88. The number of hydrogen-bond donors (Lipinski definition) is 3. The number of anilines is 2. The van der Waals surface area contributed by atoms with Crippen LogP contribution < -0.4 is 16.0 Å². The van der Waals surface area contributed by atoms with Crippen LogP contribution in [0, 0.1) is 0 Å². The van der Waals surface area contributed by atoms with Crippen molar-refractivity contribution in [1.29, 1.82) is 0 Å². The molecule has 0 atom stereocenters. The number of morpholine rings is 1. The molecule has 3 N–H and O–H groups in total. The number of sulfonamides is 1. The molecule has 1 saturated heterocycles. The van der Waals surface area contributed by atoms with Crippen LogP contribution in [0.2, 0.25) is 0 Å². The van der Waals surface area contributed by atoms with Gasteiger partial charge < -0.3 is 20.7 Å². The van der Waals surface area contributed by atoms with Gasteiger partial charge in [-0.15, -0.1) is 0 Å². The van der Waals surface area contributed by atoms with Crippen molar-refractivity contribution in [2.75, 3.05) is 43.5 Å². The number of para-hydroxylation sites is 1. The summed E-state index contributed by atoms with van der Waals surface area (Å²) >= 11 is 0. The molecule has 0 aliphatic carbocycles. The van der Waals surface area contributed by atoms with Crippen LogP contribution in [0.25, 0.3) is 0 Å². The monoisotopic (exact) mass is 474 g/mol. The predicted molar refractivity (Wildman–Crippen MR) is 127 cm³/mol. The van der Waals surface area contributed by atoms with Gasteiger partial charge in [-0.2, -0.15) is 4.31 Å². The van der Waals surface area contributed by atoms with Crippen LogP contribution in [-0.4, -0.2) is 62.9 Å². The van der Waals surface area contributed by atoms with Crippen molar-refractivity contribution in [2.45, 2.75) is 31.2 Å². The number of nitrogens with zero attached hydrogens (tertiary/aromatic N) is 1. The molecule has 178 valence electrons. The lowest BCUT2D eigenvalue weighted by molar-refractivity contribution is -0.114. The van der Waals surface area contributed by atoms with Crippen molar-refractivity contribution in [3.05, 3.63) is 54.1 Å². The minimum Gasteiger partial charge on any atom is -0.379 e. The minimum atomic E-state index is -3.66. The quantitative estimate of drug-likeness (QED) is 0.567. The Balaban J connectivity index is 1.65. The van der Waals surface area contributed by atoms with E-state index in [1.807, 2.05) is 20.8 Å². The van der Waals surface area contributed by atoms with Crippen molar-refractivity contribution < 1.29 is 22.7 Å². The first kappa shape index (κ1) is 24.7. The summed E-state index contributed by atoms with van der Waals surface area (Å²) in [7, 11) is -3.66. The van der Waals surface area contributed by atoms with Gasteiger partial charge in [-0.1, -0.05) is 18.2 Å². The van der Waals surface area contributed by atoms with Gasteiger partial charge in [0.1, 0.15) is 0 Å². The Morgan fingerprint density at radius 3 is 2.42 bits per heavy atom. The second-order valence-corrected chi connectivity index (χ2v) is 10.6. The second kappa shape index (κ2) is 10.3. The van der Waals surface area contributed by atoms with E-state index in [-0.39, 0.29) is 23.3 Å². The van der Waals surface area contributed by atoms with Crippen LogP contribution in [0.3, 0.4) is 0 Å². The summed E-state index contributed by atoms with van der Waals surface area (Å²) in [6.07, 6.45) is 0. The zero-order chi connectivity index (χ0) is 24.1. The van der Waals surface area contributed by atoms with E-state index in [1.165, 1.54) is 16.4 Å². The second-order valence-electron chi connectivity index (χ2n) is 8.70. The third-order valence-corrected chi connectivity index (χ3v) is 6.72. The fourth-order valence-electron chi connectivity index (χ4n) is 3.29. The molecular weight excluding hydrogens is 444 g/mol. The Kier molecular flexibility index (Phi) is 7.72. The Morgan fingerprint density at radius 2 is 1.73 bits per heavy atom. The number of nitrogens with one attached hydrogen (secondary N) is 3. The first-order chi connectivity index (χ1) is 15.6. The Morgan fingerprint density at radius 1 is 1.03 bits per heavy atom. The van der Waals surface area contributed by atoms with Crippen LogP contribution in [-0.2, 0) is 19.6 Å². The molecule has 33 heavy (non-hydrogen) atoms. The highest BCUT2D eigenvalue weighted by molar-refractivity contribution is 7.89. The van der Waals surface area contributed by atoms with E-state index in [0.29, 0.717) is 43.2 Å². The number of amides is 2. The van der Waals surface area contributed by atoms with Gasteiger partial charge in [-0.3, -0.25) is 9.59 Å². The molecule has 1 heterocycles. The summed E-state index contributed by atoms with van der Waals surface area (Å²) in [5.41, 5.74) is 0.931. The SMILES string of the molecule is CC(C)(C)NC(=O)c1ccccc1NCC(=O)Nc1cccc(S(=O)(=O)N2CCOCC2)c1. The maximum atomic E-state index is 12.8. The van der Waals surface area contributed by atoms with Crippen LogP contribution in [0.4, 0.5) is 11.4 Å². The maximum Gasteiger partial charge on any atom is 0.253 e. The fourth-order valence-corrected chi connectivity index (χ4v) is 4.75. The highest BCUT2D eigenvalue weighted by atomic mass is 32.2. The number of benzene rings is 2. The van der Waals surface area contributed by atoms with E-state index in [0.717, 1.165) is 0 Å². The molecule has 1 aliphatic heterocycles. The Bertz CT molecular complexity index is 1110. The van der Waals surface area contributed by atoms with E-state index < -0.39 is 15.6 Å². The number of ether oxygens (including phenoxy) is 1. The van der Waals surface area contributed by atoms with Crippen LogP contribution in [0.5, 0.6) is 0 Å². The average molecular weight is 475 g/mol. The Labute approximate surface area is 194 Å². The van der Waals surface area contributed by atoms with Gasteiger partial charge in [0.15, 0.2) is 0 Å².